The molecule has 0 bridgehead atoms. The van der Waals surface area contributed by atoms with Gasteiger partial charge in [-0.3, -0.25) is 4.79 Å². The van der Waals surface area contributed by atoms with Crippen LogP contribution in [-0.2, 0) is 11.3 Å². The summed E-state index contributed by atoms with van der Waals surface area (Å²) >= 11 is 1.17. The summed E-state index contributed by atoms with van der Waals surface area (Å²) in [5, 5.41) is 27.9. The zero-order valence-corrected chi connectivity index (χ0v) is 8.81. The predicted molar refractivity (Wildman–Crippen MR) is 51.0 cm³/mol. The molecule has 1 atom stereocenters. The van der Waals surface area contributed by atoms with Gasteiger partial charge >= 0.3 is 5.97 Å². The largest absolute Gasteiger partial charge is 0.480 e. The van der Waals surface area contributed by atoms with Crippen LogP contribution in [0.4, 0.5) is 0 Å². The molecule has 80 valence electrons. The minimum Gasteiger partial charge on any atom is -0.480 e. The smallest absolute Gasteiger partial charge is 0.325 e. The van der Waals surface area contributed by atoms with Crippen LogP contribution in [0.1, 0.15) is 13.3 Å². The van der Waals surface area contributed by atoms with Crippen molar-refractivity contribution in [2.75, 3.05) is 0 Å². The Hall–Kier alpha value is -1.62. The van der Waals surface area contributed by atoms with Crippen molar-refractivity contribution >= 4 is 17.7 Å². The third kappa shape index (κ3) is 3.21. The van der Waals surface area contributed by atoms with E-state index in [0.29, 0.717) is 11.6 Å². The number of nitriles is 1. The number of carboxylic acids is 1. The first-order chi connectivity index (χ1) is 7.17. The normalized spacial score (nSPS) is 12.0. The van der Waals surface area contributed by atoms with E-state index in [1.165, 1.54) is 11.8 Å². The summed E-state index contributed by atoms with van der Waals surface area (Å²) in [7, 11) is 0. The van der Waals surface area contributed by atoms with E-state index in [2.05, 4.69) is 21.6 Å². The van der Waals surface area contributed by atoms with Crippen LogP contribution in [0.3, 0.4) is 0 Å². The zero-order valence-electron chi connectivity index (χ0n) is 7.99. The van der Waals surface area contributed by atoms with E-state index >= 15 is 0 Å². The summed E-state index contributed by atoms with van der Waals surface area (Å²) in [6.45, 7) is 1.57. The highest BCUT2D eigenvalue weighted by Gasteiger charge is 2.14. The molecule has 0 amide bonds. The predicted octanol–water partition coefficient (Wildman–Crippen LogP) is 0.152. The lowest BCUT2D eigenvalue weighted by atomic mass is 10.4. The van der Waals surface area contributed by atoms with Crippen LogP contribution in [0, 0.1) is 11.3 Å². The van der Waals surface area contributed by atoms with Crippen LogP contribution in [0.25, 0.3) is 0 Å². The van der Waals surface area contributed by atoms with Gasteiger partial charge in [-0.05, 0) is 16.8 Å². The molecule has 1 heterocycles. The first kappa shape index (κ1) is 11.5. The monoisotopic (exact) mass is 227 g/mol. The SMILES string of the molecule is CCC(C#N)Sc1nnnn1CC(=O)O. The third-order valence-electron chi connectivity index (χ3n) is 1.55. The molecule has 0 spiro atoms. The molecule has 15 heavy (non-hydrogen) atoms. The Morgan fingerprint density at radius 2 is 2.53 bits per heavy atom. The molecular weight excluding hydrogens is 218 g/mol. The number of aliphatic carboxylic acids is 1. The van der Waals surface area contributed by atoms with E-state index in [1.54, 1.807) is 0 Å². The molecule has 0 fully saturated rings. The summed E-state index contributed by atoms with van der Waals surface area (Å²) in [6, 6.07) is 2.08. The van der Waals surface area contributed by atoms with Crippen LogP contribution < -0.4 is 0 Å². The van der Waals surface area contributed by atoms with Crippen molar-refractivity contribution in [1.82, 2.24) is 20.2 Å². The van der Waals surface area contributed by atoms with Crippen LogP contribution in [-0.4, -0.2) is 36.5 Å². The molecule has 0 saturated carbocycles. The number of carbonyl (C=O) groups is 1. The van der Waals surface area contributed by atoms with Gasteiger partial charge in [0.15, 0.2) is 0 Å². The van der Waals surface area contributed by atoms with Gasteiger partial charge < -0.3 is 5.11 Å². The van der Waals surface area contributed by atoms with Crippen molar-refractivity contribution in [2.45, 2.75) is 30.3 Å². The number of thioether (sulfide) groups is 1. The summed E-state index contributed by atoms with van der Waals surface area (Å²) in [5.41, 5.74) is 0. The van der Waals surface area contributed by atoms with Crippen LogP contribution in [0.2, 0.25) is 0 Å². The quantitative estimate of drug-likeness (QED) is 0.714. The summed E-state index contributed by atoms with van der Waals surface area (Å²) in [6.07, 6.45) is 0.654. The molecule has 1 N–H and O–H groups in total. The fourth-order valence-corrected chi connectivity index (χ4v) is 1.62. The third-order valence-corrected chi connectivity index (χ3v) is 2.77. The van der Waals surface area contributed by atoms with E-state index < -0.39 is 5.97 Å². The number of tetrazole rings is 1. The van der Waals surface area contributed by atoms with E-state index in [9.17, 15) is 4.79 Å². The Balaban J connectivity index is 2.73. The number of aromatic nitrogens is 4. The first-order valence-corrected chi connectivity index (χ1v) is 5.09. The second kappa shape index (κ2) is 5.31. The van der Waals surface area contributed by atoms with Gasteiger partial charge in [-0.1, -0.05) is 18.7 Å². The van der Waals surface area contributed by atoms with Crippen molar-refractivity contribution in [2.24, 2.45) is 0 Å². The average molecular weight is 227 g/mol. The second-order valence-electron chi connectivity index (χ2n) is 2.66. The molecule has 8 heteroatoms. The lowest BCUT2D eigenvalue weighted by Crippen LogP contribution is -2.12. The molecule has 1 aromatic rings. The molecule has 1 unspecified atom stereocenters. The highest BCUT2D eigenvalue weighted by Crippen LogP contribution is 2.21. The van der Waals surface area contributed by atoms with E-state index in [0.717, 1.165) is 4.68 Å². The van der Waals surface area contributed by atoms with Gasteiger partial charge in [0.05, 0.1) is 11.3 Å². The Bertz CT molecular complexity index is 385. The highest BCUT2D eigenvalue weighted by molar-refractivity contribution is 8.00. The summed E-state index contributed by atoms with van der Waals surface area (Å²) < 4.78 is 1.16. The number of nitrogens with zero attached hydrogens (tertiary/aromatic N) is 5. The van der Waals surface area contributed by atoms with Gasteiger partial charge in [-0.2, -0.15) is 5.26 Å². The van der Waals surface area contributed by atoms with Crippen molar-refractivity contribution in [3.05, 3.63) is 0 Å². The van der Waals surface area contributed by atoms with E-state index in [-0.39, 0.29) is 11.8 Å². The van der Waals surface area contributed by atoms with Crippen LogP contribution in [0.15, 0.2) is 5.16 Å². The number of hydrogen-bond acceptors (Lipinski definition) is 6. The Labute approximate surface area is 90.1 Å². The molecule has 0 aliphatic rings. The van der Waals surface area contributed by atoms with Gasteiger partial charge in [-0.25, -0.2) is 4.68 Å². The minimum atomic E-state index is -1.02. The summed E-state index contributed by atoms with van der Waals surface area (Å²) in [5.74, 6) is -1.02. The Morgan fingerprint density at radius 3 is 3.07 bits per heavy atom. The number of rotatable bonds is 5. The number of hydrogen-bond donors (Lipinski definition) is 1. The van der Waals surface area contributed by atoms with Crippen molar-refractivity contribution in [1.29, 1.82) is 5.26 Å². The fourth-order valence-electron chi connectivity index (χ4n) is 0.836. The fraction of sp³-hybridized carbons (Fsp3) is 0.571. The summed E-state index contributed by atoms with van der Waals surface area (Å²) in [4.78, 5) is 10.5. The zero-order chi connectivity index (χ0) is 11.3. The van der Waals surface area contributed by atoms with Gasteiger partial charge in [0.2, 0.25) is 5.16 Å². The second-order valence-corrected chi connectivity index (χ2v) is 3.83. The molecule has 0 aliphatic heterocycles. The van der Waals surface area contributed by atoms with Gasteiger partial charge in [0.25, 0.3) is 0 Å². The van der Waals surface area contributed by atoms with Crippen molar-refractivity contribution in [3.8, 4) is 6.07 Å². The first-order valence-electron chi connectivity index (χ1n) is 4.21. The maximum atomic E-state index is 10.5. The van der Waals surface area contributed by atoms with Gasteiger partial charge in [0.1, 0.15) is 6.54 Å². The molecule has 1 rings (SSSR count). The van der Waals surface area contributed by atoms with E-state index in [4.69, 9.17) is 10.4 Å². The molecule has 0 radical (unpaired) electrons. The van der Waals surface area contributed by atoms with E-state index in [1.807, 2.05) is 6.92 Å². The maximum absolute atomic E-state index is 10.5. The molecule has 0 saturated heterocycles. The number of carboxylic acid groups (broad SMARTS) is 1. The topological polar surface area (TPSA) is 105 Å². The Kier molecular flexibility index (Phi) is 4.05. The van der Waals surface area contributed by atoms with Crippen LogP contribution in [0.5, 0.6) is 0 Å². The van der Waals surface area contributed by atoms with Gasteiger partial charge in [0, 0.05) is 0 Å². The molecular formula is C7H9N5O2S. The molecule has 0 aliphatic carbocycles. The van der Waals surface area contributed by atoms with Crippen molar-refractivity contribution < 1.29 is 9.90 Å². The Morgan fingerprint density at radius 1 is 1.80 bits per heavy atom. The minimum absolute atomic E-state index is 0.261. The van der Waals surface area contributed by atoms with Gasteiger partial charge in [-0.15, -0.1) is 5.10 Å². The van der Waals surface area contributed by atoms with Crippen molar-refractivity contribution in [3.63, 3.8) is 0 Å². The lowest BCUT2D eigenvalue weighted by molar-refractivity contribution is -0.138. The average Bonchev–Trinajstić information content (AvgIpc) is 2.61. The lowest BCUT2D eigenvalue weighted by Gasteiger charge is -2.04. The van der Waals surface area contributed by atoms with Crippen LogP contribution >= 0.6 is 11.8 Å². The highest BCUT2D eigenvalue weighted by atomic mass is 32.2. The maximum Gasteiger partial charge on any atom is 0.325 e. The molecule has 0 aromatic carbocycles. The standard InChI is InChI=1S/C7H9N5O2S/c1-2-5(3-8)15-7-9-10-11-12(7)4-6(13)14/h5H,2,4H2,1H3,(H,13,14). The molecule has 1 aromatic heterocycles. The molecule has 7 nitrogen and oxygen atoms in total.